The Morgan fingerprint density at radius 3 is 2.75 bits per heavy atom. The van der Waals surface area contributed by atoms with Gasteiger partial charge >= 0.3 is 5.97 Å². The van der Waals surface area contributed by atoms with Crippen LogP contribution in [0.15, 0.2) is 28.7 Å². The number of halogens is 1. The summed E-state index contributed by atoms with van der Waals surface area (Å²) in [5.74, 6) is -1.05. The second-order valence-corrected chi connectivity index (χ2v) is 3.96. The predicted octanol–water partition coefficient (Wildman–Crippen LogP) is 2.24. The van der Waals surface area contributed by atoms with Gasteiger partial charge in [-0.2, -0.15) is 5.10 Å². The average Bonchev–Trinajstić information content (AvgIpc) is 2.66. The molecule has 0 atom stereocenters. The molecule has 0 saturated heterocycles. The molecule has 0 aliphatic carbocycles. The van der Waals surface area contributed by atoms with Crippen LogP contribution in [0.25, 0.3) is 11.3 Å². The Bertz CT molecular complexity index is 530. The molecule has 5 nitrogen and oxygen atoms in total. The van der Waals surface area contributed by atoms with Crippen molar-refractivity contribution in [3.8, 4) is 17.0 Å². The summed E-state index contributed by atoms with van der Waals surface area (Å²) in [5.41, 5.74) is 0.818. The molecule has 1 heterocycles. The first-order chi connectivity index (χ1) is 7.59. The van der Waals surface area contributed by atoms with Crippen LogP contribution >= 0.6 is 15.9 Å². The third-order valence-electron chi connectivity index (χ3n) is 2.06. The average molecular weight is 283 g/mol. The SMILES string of the molecule is O=C(O)c1cc(-c2c(O)cccc2Br)n[nH]1. The number of phenolic OH excluding ortho intramolecular Hbond substituents is 1. The first kappa shape index (κ1) is 10.7. The number of rotatable bonds is 2. The standard InChI is InChI=1S/C10H7BrN2O3/c11-5-2-1-3-8(14)9(5)6-4-7(10(15)16)13-12-6/h1-4,14H,(H,12,13)(H,15,16). The molecule has 3 N–H and O–H groups in total. The van der Waals surface area contributed by atoms with Crippen LogP contribution in [0.5, 0.6) is 5.75 Å². The van der Waals surface area contributed by atoms with Crippen molar-refractivity contribution in [2.45, 2.75) is 0 Å². The van der Waals surface area contributed by atoms with Crippen LogP contribution in [-0.4, -0.2) is 26.4 Å². The number of benzene rings is 1. The molecule has 82 valence electrons. The second kappa shape index (κ2) is 3.97. The lowest BCUT2D eigenvalue weighted by molar-refractivity contribution is 0.0690. The molecule has 1 aromatic carbocycles. The van der Waals surface area contributed by atoms with Crippen molar-refractivity contribution in [1.29, 1.82) is 0 Å². The van der Waals surface area contributed by atoms with Crippen molar-refractivity contribution in [3.63, 3.8) is 0 Å². The molecule has 2 aromatic rings. The summed E-state index contributed by atoms with van der Waals surface area (Å²) < 4.78 is 0.649. The lowest BCUT2D eigenvalue weighted by atomic mass is 10.1. The molecule has 0 bridgehead atoms. The molecule has 0 amide bonds. The van der Waals surface area contributed by atoms with Gasteiger partial charge in [-0.25, -0.2) is 4.79 Å². The Hall–Kier alpha value is -1.82. The van der Waals surface area contributed by atoms with E-state index in [1.165, 1.54) is 12.1 Å². The Labute approximate surface area is 98.9 Å². The quantitative estimate of drug-likeness (QED) is 0.789. The van der Waals surface area contributed by atoms with E-state index in [4.69, 9.17) is 5.11 Å². The van der Waals surface area contributed by atoms with Gasteiger partial charge in [-0.1, -0.05) is 6.07 Å². The minimum atomic E-state index is -1.09. The van der Waals surface area contributed by atoms with E-state index in [1.807, 2.05) is 0 Å². The topological polar surface area (TPSA) is 86.2 Å². The summed E-state index contributed by atoms with van der Waals surface area (Å²) in [6, 6.07) is 6.29. The number of aromatic carboxylic acids is 1. The first-order valence-electron chi connectivity index (χ1n) is 4.36. The van der Waals surface area contributed by atoms with Crippen LogP contribution in [0.4, 0.5) is 0 Å². The Morgan fingerprint density at radius 1 is 1.44 bits per heavy atom. The van der Waals surface area contributed by atoms with Crippen LogP contribution in [0.1, 0.15) is 10.5 Å². The number of hydrogen-bond acceptors (Lipinski definition) is 3. The molecule has 2 rings (SSSR count). The lowest BCUT2D eigenvalue weighted by Crippen LogP contribution is -1.95. The van der Waals surface area contributed by atoms with Crippen molar-refractivity contribution in [2.75, 3.05) is 0 Å². The number of phenols is 1. The number of carboxylic acids is 1. The second-order valence-electron chi connectivity index (χ2n) is 3.11. The third kappa shape index (κ3) is 1.79. The summed E-state index contributed by atoms with van der Waals surface area (Å²) in [7, 11) is 0. The van der Waals surface area contributed by atoms with Crippen LogP contribution in [0, 0.1) is 0 Å². The molecule has 6 heteroatoms. The normalized spacial score (nSPS) is 10.3. The highest BCUT2D eigenvalue weighted by atomic mass is 79.9. The number of H-pyrrole nitrogens is 1. The molecule has 0 radical (unpaired) electrons. The van der Waals surface area contributed by atoms with Crippen molar-refractivity contribution < 1.29 is 15.0 Å². The lowest BCUT2D eigenvalue weighted by Gasteiger charge is -2.02. The molecule has 0 saturated carbocycles. The minimum absolute atomic E-state index is 0.0230. The Balaban J connectivity index is 2.54. The van der Waals surface area contributed by atoms with Crippen LogP contribution in [0.2, 0.25) is 0 Å². The van der Waals surface area contributed by atoms with Crippen molar-refractivity contribution in [2.24, 2.45) is 0 Å². The van der Waals surface area contributed by atoms with E-state index in [0.717, 1.165) is 0 Å². The van der Waals surface area contributed by atoms with Gasteiger partial charge in [0.25, 0.3) is 0 Å². The van der Waals surface area contributed by atoms with Crippen LogP contribution in [0.3, 0.4) is 0 Å². The number of aromatic amines is 1. The molecular formula is C10H7BrN2O3. The highest BCUT2D eigenvalue weighted by Gasteiger charge is 2.14. The van der Waals surface area contributed by atoms with Gasteiger partial charge in [-0.3, -0.25) is 5.10 Å². The Morgan fingerprint density at radius 2 is 2.19 bits per heavy atom. The number of hydrogen-bond donors (Lipinski definition) is 3. The van der Waals surface area contributed by atoms with Crippen molar-refractivity contribution in [3.05, 3.63) is 34.4 Å². The first-order valence-corrected chi connectivity index (χ1v) is 5.15. The molecule has 0 aliphatic rings. The highest BCUT2D eigenvalue weighted by Crippen LogP contribution is 2.34. The molecule has 0 fully saturated rings. The fraction of sp³-hybridized carbons (Fsp3) is 0. The summed E-state index contributed by atoms with van der Waals surface area (Å²) in [6.07, 6.45) is 0. The van der Waals surface area contributed by atoms with Crippen LogP contribution < -0.4 is 0 Å². The zero-order chi connectivity index (χ0) is 11.7. The van der Waals surface area contributed by atoms with Gasteiger partial charge in [0.2, 0.25) is 0 Å². The van der Waals surface area contributed by atoms with E-state index in [-0.39, 0.29) is 11.4 Å². The molecule has 0 spiro atoms. The predicted molar refractivity (Wildman–Crippen MR) is 60.3 cm³/mol. The number of aromatic nitrogens is 2. The highest BCUT2D eigenvalue weighted by molar-refractivity contribution is 9.10. The van der Waals surface area contributed by atoms with Gasteiger partial charge in [0.05, 0.1) is 11.3 Å². The maximum Gasteiger partial charge on any atom is 0.353 e. The maximum atomic E-state index is 10.7. The fourth-order valence-corrected chi connectivity index (χ4v) is 1.88. The zero-order valence-corrected chi connectivity index (χ0v) is 9.52. The summed E-state index contributed by atoms with van der Waals surface area (Å²) in [6.45, 7) is 0. The van der Waals surface area contributed by atoms with Gasteiger partial charge in [-0.05, 0) is 34.1 Å². The van der Waals surface area contributed by atoms with E-state index >= 15 is 0 Å². The van der Waals surface area contributed by atoms with E-state index in [1.54, 1.807) is 12.1 Å². The Kier molecular flexibility index (Phi) is 2.66. The van der Waals surface area contributed by atoms with Gasteiger partial charge in [0, 0.05) is 4.47 Å². The maximum absolute atomic E-state index is 10.7. The molecule has 16 heavy (non-hydrogen) atoms. The van der Waals surface area contributed by atoms with E-state index in [0.29, 0.717) is 15.7 Å². The number of carboxylic acid groups (broad SMARTS) is 1. The number of aromatic hydroxyl groups is 1. The smallest absolute Gasteiger partial charge is 0.353 e. The molecular weight excluding hydrogens is 276 g/mol. The number of nitrogens with one attached hydrogen (secondary N) is 1. The fourth-order valence-electron chi connectivity index (χ4n) is 1.33. The molecule has 1 aromatic heterocycles. The van der Waals surface area contributed by atoms with Crippen molar-refractivity contribution in [1.82, 2.24) is 10.2 Å². The molecule has 0 aliphatic heterocycles. The van der Waals surface area contributed by atoms with E-state index in [9.17, 15) is 9.90 Å². The largest absolute Gasteiger partial charge is 0.507 e. The zero-order valence-electron chi connectivity index (χ0n) is 7.94. The van der Waals surface area contributed by atoms with Crippen LogP contribution in [-0.2, 0) is 0 Å². The minimum Gasteiger partial charge on any atom is -0.507 e. The van der Waals surface area contributed by atoms with Crippen molar-refractivity contribution >= 4 is 21.9 Å². The summed E-state index contributed by atoms with van der Waals surface area (Å²) in [4.78, 5) is 10.7. The van der Waals surface area contributed by atoms with Gasteiger partial charge in [0.15, 0.2) is 0 Å². The third-order valence-corrected chi connectivity index (χ3v) is 2.72. The molecule has 0 unspecified atom stereocenters. The number of carbonyl (C=O) groups is 1. The monoisotopic (exact) mass is 282 g/mol. The summed E-state index contributed by atoms with van der Waals surface area (Å²) in [5, 5.41) is 24.6. The van der Waals surface area contributed by atoms with E-state index in [2.05, 4.69) is 26.1 Å². The summed E-state index contributed by atoms with van der Waals surface area (Å²) >= 11 is 3.27. The van der Waals surface area contributed by atoms with Gasteiger partial charge in [-0.15, -0.1) is 0 Å². The van der Waals surface area contributed by atoms with Gasteiger partial charge < -0.3 is 10.2 Å². The van der Waals surface area contributed by atoms with Gasteiger partial charge in [0.1, 0.15) is 11.4 Å². The van der Waals surface area contributed by atoms with E-state index < -0.39 is 5.97 Å². The number of nitrogens with zero attached hydrogens (tertiary/aromatic N) is 1.